The lowest BCUT2D eigenvalue weighted by molar-refractivity contribution is 0.414. The first-order valence-electron chi connectivity index (χ1n) is 6.46. The van der Waals surface area contributed by atoms with E-state index >= 15 is 0 Å². The zero-order chi connectivity index (χ0) is 14.4. The lowest BCUT2D eigenvalue weighted by Gasteiger charge is -2.07. The third-order valence-electron chi connectivity index (χ3n) is 3.06. The first kappa shape index (κ1) is 18.1. The first-order chi connectivity index (χ1) is 9.69. The van der Waals surface area contributed by atoms with Crippen LogP contribution in [0.1, 0.15) is 11.1 Å². The highest BCUT2D eigenvalue weighted by Crippen LogP contribution is 2.22. The minimum atomic E-state index is 0. The summed E-state index contributed by atoms with van der Waals surface area (Å²) in [5.41, 5.74) is 2.42. The van der Waals surface area contributed by atoms with E-state index in [2.05, 4.69) is 17.4 Å². The van der Waals surface area contributed by atoms with Crippen LogP contribution < -0.4 is 10.1 Å². The molecule has 0 aromatic heterocycles. The van der Waals surface area contributed by atoms with Gasteiger partial charge in [-0.25, -0.2) is 0 Å². The van der Waals surface area contributed by atoms with Gasteiger partial charge in [0, 0.05) is 6.54 Å². The molecule has 0 atom stereocenters. The highest BCUT2D eigenvalue weighted by atomic mass is 35.5. The fraction of sp³-hybridized carbons (Fsp3) is 0.250. The smallest absolute Gasteiger partial charge is 0.118 e. The van der Waals surface area contributed by atoms with Crippen LogP contribution in [0.4, 0.5) is 0 Å². The Morgan fingerprint density at radius 1 is 0.952 bits per heavy atom. The van der Waals surface area contributed by atoms with Crippen LogP contribution in [0.25, 0.3) is 0 Å². The number of benzene rings is 2. The molecule has 2 rings (SSSR count). The number of methoxy groups -OCH3 is 1. The van der Waals surface area contributed by atoms with Crippen LogP contribution in [-0.4, -0.2) is 13.7 Å². The van der Waals surface area contributed by atoms with Crippen molar-refractivity contribution in [1.29, 1.82) is 0 Å². The fourth-order valence-corrected chi connectivity index (χ4v) is 2.23. The molecule has 1 N–H and O–H groups in total. The summed E-state index contributed by atoms with van der Waals surface area (Å²) in [6.45, 7) is 1.69. The van der Waals surface area contributed by atoms with E-state index in [0.29, 0.717) is 10.0 Å². The van der Waals surface area contributed by atoms with Gasteiger partial charge in [0.05, 0.1) is 17.2 Å². The van der Waals surface area contributed by atoms with E-state index in [1.165, 1.54) is 5.56 Å². The minimum absolute atomic E-state index is 0. The van der Waals surface area contributed by atoms with Crippen molar-refractivity contribution in [2.75, 3.05) is 13.7 Å². The summed E-state index contributed by atoms with van der Waals surface area (Å²) >= 11 is 11.9. The molecule has 114 valence electrons. The van der Waals surface area contributed by atoms with Crippen LogP contribution >= 0.6 is 35.6 Å². The van der Waals surface area contributed by atoms with E-state index in [9.17, 15) is 0 Å². The van der Waals surface area contributed by atoms with Crippen LogP contribution in [0.2, 0.25) is 10.0 Å². The quantitative estimate of drug-likeness (QED) is 0.762. The van der Waals surface area contributed by atoms with E-state index < -0.39 is 0 Å². The molecule has 0 spiro atoms. The third-order valence-corrected chi connectivity index (χ3v) is 3.80. The van der Waals surface area contributed by atoms with Gasteiger partial charge >= 0.3 is 0 Å². The Kier molecular flexibility index (Phi) is 7.91. The van der Waals surface area contributed by atoms with Gasteiger partial charge in [0.2, 0.25) is 0 Å². The lowest BCUT2D eigenvalue weighted by Crippen LogP contribution is -2.16. The third kappa shape index (κ3) is 5.76. The normalized spacial score (nSPS) is 10.0. The van der Waals surface area contributed by atoms with Crippen LogP contribution in [0.15, 0.2) is 42.5 Å². The largest absolute Gasteiger partial charge is 0.497 e. The van der Waals surface area contributed by atoms with E-state index in [4.69, 9.17) is 27.9 Å². The van der Waals surface area contributed by atoms with Gasteiger partial charge in [-0.05, 0) is 48.4 Å². The number of hydrogen-bond acceptors (Lipinski definition) is 2. The van der Waals surface area contributed by atoms with Crippen molar-refractivity contribution >= 4 is 35.6 Å². The molecule has 2 nitrogen and oxygen atoms in total. The molecule has 0 aliphatic heterocycles. The summed E-state index contributed by atoms with van der Waals surface area (Å²) in [5, 5.41) is 4.58. The average Bonchev–Trinajstić information content (AvgIpc) is 2.48. The zero-order valence-electron chi connectivity index (χ0n) is 11.7. The van der Waals surface area contributed by atoms with Crippen molar-refractivity contribution in [2.24, 2.45) is 0 Å². The van der Waals surface area contributed by atoms with Crippen molar-refractivity contribution < 1.29 is 4.74 Å². The highest BCUT2D eigenvalue weighted by Gasteiger charge is 1.99. The molecule has 0 saturated carbocycles. The van der Waals surface area contributed by atoms with Gasteiger partial charge in [-0.2, -0.15) is 0 Å². The summed E-state index contributed by atoms with van der Waals surface area (Å²) < 4.78 is 5.13. The Morgan fingerprint density at radius 3 is 2.24 bits per heavy atom. The van der Waals surface area contributed by atoms with Gasteiger partial charge in [0.25, 0.3) is 0 Å². The van der Waals surface area contributed by atoms with Gasteiger partial charge in [0.15, 0.2) is 0 Å². The maximum absolute atomic E-state index is 5.98. The van der Waals surface area contributed by atoms with Crippen LogP contribution in [-0.2, 0) is 13.0 Å². The maximum atomic E-state index is 5.98. The van der Waals surface area contributed by atoms with Crippen molar-refractivity contribution in [3.63, 3.8) is 0 Å². The molecular formula is C16H18Cl3NO. The topological polar surface area (TPSA) is 21.3 Å². The molecule has 0 fully saturated rings. The average molecular weight is 347 g/mol. The molecule has 0 aliphatic rings. The van der Waals surface area contributed by atoms with Gasteiger partial charge < -0.3 is 10.1 Å². The SMILES string of the molecule is COc1ccc(CCNCc2ccc(Cl)c(Cl)c2)cc1.Cl. The first-order valence-corrected chi connectivity index (χ1v) is 7.22. The van der Waals surface area contributed by atoms with Crippen molar-refractivity contribution in [3.05, 3.63) is 63.6 Å². The molecule has 0 amide bonds. The molecule has 0 aliphatic carbocycles. The Morgan fingerprint density at radius 2 is 1.62 bits per heavy atom. The molecule has 5 heteroatoms. The number of rotatable bonds is 6. The van der Waals surface area contributed by atoms with E-state index in [-0.39, 0.29) is 12.4 Å². The Labute approximate surface area is 141 Å². The summed E-state index contributed by atoms with van der Waals surface area (Å²) in [5.74, 6) is 0.887. The highest BCUT2D eigenvalue weighted by molar-refractivity contribution is 6.42. The molecule has 0 radical (unpaired) electrons. The predicted octanol–water partition coefficient (Wildman–Crippen LogP) is 4.76. The Bertz CT molecular complexity index is 558. The fourth-order valence-electron chi connectivity index (χ4n) is 1.91. The van der Waals surface area contributed by atoms with Gasteiger partial charge in [-0.15, -0.1) is 12.4 Å². The predicted molar refractivity (Wildman–Crippen MR) is 92.1 cm³/mol. The second-order valence-electron chi connectivity index (χ2n) is 4.52. The number of hydrogen-bond donors (Lipinski definition) is 1. The monoisotopic (exact) mass is 345 g/mol. The minimum Gasteiger partial charge on any atom is -0.497 e. The maximum Gasteiger partial charge on any atom is 0.118 e. The molecule has 0 heterocycles. The van der Waals surface area contributed by atoms with E-state index in [0.717, 1.165) is 30.8 Å². The van der Waals surface area contributed by atoms with Gasteiger partial charge in [-0.1, -0.05) is 41.4 Å². The zero-order valence-corrected chi connectivity index (χ0v) is 14.1. The summed E-state index contributed by atoms with van der Waals surface area (Å²) in [6, 6.07) is 13.8. The summed E-state index contributed by atoms with van der Waals surface area (Å²) in [4.78, 5) is 0. The molecular weight excluding hydrogens is 329 g/mol. The standard InChI is InChI=1S/C16H17Cl2NO.ClH/c1-20-14-5-2-12(3-6-14)8-9-19-11-13-4-7-15(17)16(18)10-13;/h2-7,10,19H,8-9,11H2,1H3;1H. The number of nitrogens with one attached hydrogen (secondary N) is 1. The molecule has 0 unspecified atom stereocenters. The Balaban J connectivity index is 0.00000220. The van der Waals surface area contributed by atoms with Crippen molar-refractivity contribution in [2.45, 2.75) is 13.0 Å². The van der Waals surface area contributed by atoms with E-state index in [1.54, 1.807) is 7.11 Å². The number of ether oxygens (including phenoxy) is 1. The molecule has 21 heavy (non-hydrogen) atoms. The van der Waals surface area contributed by atoms with Crippen LogP contribution in [0.3, 0.4) is 0 Å². The van der Waals surface area contributed by atoms with Gasteiger partial charge in [-0.3, -0.25) is 0 Å². The van der Waals surface area contributed by atoms with Crippen molar-refractivity contribution in [1.82, 2.24) is 5.32 Å². The van der Waals surface area contributed by atoms with Crippen molar-refractivity contribution in [3.8, 4) is 5.75 Å². The van der Waals surface area contributed by atoms with Crippen LogP contribution in [0.5, 0.6) is 5.75 Å². The molecule has 0 bridgehead atoms. The summed E-state index contributed by atoms with van der Waals surface area (Å²) in [6.07, 6.45) is 0.977. The molecule has 2 aromatic carbocycles. The van der Waals surface area contributed by atoms with Crippen LogP contribution in [0, 0.1) is 0 Å². The second kappa shape index (κ2) is 9.16. The second-order valence-corrected chi connectivity index (χ2v) is 5.34. The van der Waals surface area contributed by atoms with Gasteiger partial charge in [0.1, 0.15) is 5.75 Å². The lowest BCUT2D eigenvalue weighted by atomic mass is 10.1. The number of halogens is 3. The Hall–Kier alpha value is -0.930. The molecule has 2 aromatic rings. The summed E-state index contributed by atoms with van der Waals surface area (Å²) in [7, 11) is 1.67. The molecule has 0 saturated heterocycles. The van der Waals surface area contributed by atoms with E-state index in [1.807, 2.05) is 30.3 Å².